The molecule has 0 atom stereocenters. The molecule has 3 aromatic rings. The van der Waals surface area contributed by atoms with Crippen LogP contribution in [0.3, 0.4) is 0 Å². The number of H-pyrrole nitrogens is 1. The molecule has 24 heavy (non-hydrogen) atoms. The van der Waals surface area contributed by atoms with Gasteiger partial charge in [0.1, 0.15) is 16.2 Å². The van der Waals surface area contributed by atoms with Crippen molar-refractivity contribution in [3.8, 4) is 0 Å². The van der Waals surface area contributed by atoms with Crippen LogP contribution in [-0.4, -0.2) is 23.0 Å². The third kappa shape index (κ3) is 2.80. The van der Waals surface area contributed by atoms with Crippen molar-refractivity contribution < 1.29 is 8.42 Å². The molecule has 0 spiro atoms. The molecule has 126 valence electrons. The molecule has 0 bridgehead atoms. The number of anilines is 1. The molecule has 0 aliphatic heterocycles. The minimum Gasteiger partial charge on any atom is -0.297 e. The number of hydrogen-bond acceptors (Lipinski definition) is 4. The predicted molar refractivity (Wildman–Crippen MR) is 91.9 cm³/mol. The highest BCUT2D eigenvalue weighted by Crippen LogP contribution is 2.22. The highest BCUT2D eigenvalue weighted by Gasteiger charge is 2.19. The third-order valence-electron chi connectivity index (χ3n) is 3.84. The summed E-state index contributed by atoms with van der Waals surface area (Å²) in [6.07, 6.45) is 1.98. The molecule has 0 saturated heterocycles. The molecule has 0 aliphatic carbocycles. The maximum atomic E-state index is 12.7. The fourth-order valence-corrected chi connectivity index (χ4v) is 3.73. The number of aromatic amines is 1. The molecule has 0 amide bonds. The zero-order chi connectivity index (χ0) is 17.5. The Kier molecular flexibility index (Phi) is 3.92. The Morgan fingerprint density at radius 3 is 2.67 bits per heavy atom. The number of benzene rings is 1. The lowest BCUT2D eigenvalue weighted by Gasteiger charge is -2.10. The highest BCUT2D eigenvalue weighted by molar-refractivity contribution is 7.92. The van der Waals surface area contributed by atoms with Crippen molar-refractivity contribution in [3.63, 3.8) is 0 Å². The molecule has 8 heteroatoms. The summed E-state index contributed by atoms with van der Waals surface area (Å²) >= 11 is 0. The van der Waals surface area contributed by atoms with Gasteiger partial charge < -0.3 is 0 Å². The van der Waals surface area contributed by atoms with E-state index in [1.165, 1.54) is 16.7 Å². The Hall–Kier alpha value is -2.61. The third-order valence-corrected chi connectivity index (χ3v) is 5.18. The maximum Gasteiger partial charge on any atom is 0.288 e. The largest absolute Gasteiger partial charge is 0.297 e. The van der Waals surface area contributed by atoms with Gasteiger partial charge in [-0.3, -0.25) is 13.9 Å². The van der Waals surface area contributed by atoms with Crippen LogP contribution in [0, 0.1) is 13.8 Å². The van der Waals surface area contributed by atoms with Gasteiger partial charge in [-0.2, -0.15) is 5.10 Å². The second kappa shape index (κ2) is 5.79. The summed E-state index contributed by atoms with van der Waals surface area (Å²) in [7, 11) is -3.80. The van der Waals surface area contributed by atoms with Crippen molar-refractivity contribution in [2.24, 2.45) is 0 Å². The van der Waals surface area contributed by atoms with Crippen molar-refractivity contribution >= 4 is 21.2 Å². The van der Waals surface area contributed by atoms with Crippen molar-refractivity contribution in [2.45, 2.75) is 32.1 Å². The predicted octanol–water partition coefficient (Wildman–Crippen LogP) is 2.00. The van der Waals surface area contributed by atoms with E-state index in [-0.39, 0.29) is 10.4 Å². The summed E-state index contributed by atoms with van der Waals surface area (Å²) in [6, 6.07) is 6.82. The molecule has 0 saturated carbocycles. The molecular weight excluding hydrogens is 328 g/mol. The van der Waals surface area contributed by atoms with E-state index in [9.17, 15) is 13.2 Å². The van der Waals surface area contributed by atoms with E-state index in [1.807, 2.05) is 32.9 Å². The molecule has 0 radical (unpaired) electrons. The Balaban J connectivity index is 2.08. The fraction of sp³-hybridized carbons (Fsp3) is 0.250. The van der Waals surface area contributed by atoms with Gasteiger partial charge in [0.25, 0.3) is 15.6 Å². The van der Waals surface area contributed by atoms with Gasteiger partial charge in [-0.15, -0.1) is 0 Å². The summed E-state index contributed by atoms with van der Waals surface area (Å²) in [5.41, 5.74) is 2.22. The lowest BCUT2D eigenvalue weighted by Crippen LogP contribution is -2.14. The van der Waals surface area contributed by atoms with E-state index in [1.54, 1.807) is 6.07 Å². The molecule has 1 aromatic carbocycles. The smallest absolute Gasteiger partial charge is 0.288 e. The van der Waals surface area contributed by atoms with Gasteiger partial charge in [-0.05, 0) is 31.5 Å². The molecule has 0 unspecified atom stereocenters. The molecule has 0 aliphatic rings. The maximum absolute atomic E-state index is 12.7. The van der Waals surface area contributed by atoms with E-state index in [2.05, 4.69) is 14.9 Å². The molecule has 2 aromatic heterocycles. The molecular formula is C16H18N4O3S. The average molecular weight is 346 g/mol. The summed E-state index contributed by atoms with van der Waals surface area (Å²) in [6.45, 7) is 5.66. The zero-order valence-corrected chi connectivity index (χ0v) is 14.4. The standard InChI is InChI=1S/C16H18N4O3S/c1-4-15-17-18-16(21)14-8-12(9-20(14)15)24(22,23)19-13-6-5-10(2)7-11(13)3/h5-9,19H,4H2,1-3H3,(H,18,21). The summed E-state index contributed by atoms with van der Waals surface area (Å²) < 4.78 is 29.4. The number of nitrogens with one attached hydrogen (secondary N) is 2. The van der Waals surface area contributed by atoms with Crippen molar-refractivity contribution in [1.29, 1.82) is 0 Å². The Morgan fingerprint density at radius 2 is 2.00 bits per heavy atom. The van der Waals surface area contributed by atoms with Gasteiger partial charge in [0.05, 0.1) is 5.69 Å². The van der Waals surface area contributed by atoms with Gasteiger partial charge in [-0.25, -0.2) is 13.5 Å². The van der Waals surface area contributed by atoms with Crippen molar-refractivity contribution in [1.82, 2.24) is 14.6 Å². The summed E-state index contributed by atoms with van der Waals surface area (Å²) in [5.74, 6) is 0.581. The first-order chi connectivity index (χ1) is 11.3. The first-order valence-electron chi connectivity index (χ1n) is 7.51. The van der Waals surface area contributed by atoms with Gasteiger partial charge in [0, 0.05) is 12.6 Å². The highest BCUT2D eigenvalue weighted by atomic mass is 32.2. The minimum atomic E-state index is -3.80. The van der Waals surface area contributed by atoms with Crippen LogP contribution in [0.5, 0.6) is 0 Å². The van der Waals surface area contributed by atoms with E-state index in [4.69, 9.17) is 0 Å². The van der Waals surface area contributed by atoms with Gasteiger partial charge in [-0.1, -0.05) is 24.6 Å². The summed E-state index contributed by atoms with van der Waals surface area (Å²) in [5, 5.41) is 6.32. The molecule has 0 fully saturated rings. The van der Waals surface area contributed by atoms with Crippen LogP contribution in [-0.2, 0) is 16.4 Å². The van der Waals surface area contributed by atoms with Gasteiger partial charge in [0.2, 0.25) is 0 Å². The second-order valence-electron chi connectivity index (χ2n) is 5.68. The number of rotatable bonds is 4. The van der Waals surface area contributed by atoms with Crippen LogP contribution in [0.25, 0.3) is 5.52 Å². The monoisotopic (exact) mass is 346 g/mol. The lowest BCUT2D eigenvalue weighted by atomic mass is 10.1. The Labute approximate surface area is 139 Å². The first kappa shape index (κ1) is 16.3. The van der Waals surface area contributed by atoms with Crippen LogP contribution >= 0.6 is 0 Å². The average Bonchev–Trinajstić information content (AvgIpc) is 2.98. The van der Waals surface area contributed by atoms with Crippen LogP contribution < -0.4 is 10.3 Å². The number of sulfonamides is 1. The normalized spacial score (nSPS) is 11.8. The minimum absolute atomic E-state index is 0.0238. The van der Waals surface area contributed by atoms with Crippen LogP contribution in [0.1, 0.15) is 23.9 Å². The molecule has 7 nitrogen and oxygen atoms in total. The number of aromatic nitrogens is 3. The Bertz CT molecular complexity index is 1080. The zero-order valence-electron chi connectivity index (χ0n) is 13.6. The van der Waals surface area contributed by atoms with Crippen LogP contribution in [0.15, 0.2) is 40.2 Å². The second-order valence-corrected chi connectivity index (χ2v) is 7.36. The van der Waals surface area contributed by atoms with Gasteiger partial charge in [0.15, 0.2) is 0 Å². The van der Waals surface area contributed by atoms with E-state index >= 15 is 0 Å². The number of nitrogens with zero attached hydrogens (tertiary/aromatic N) is 2. The van der Waals surface area contributed by atoms with Crippen molar-refractivity contribution in [3.05, 3.63) is 57.8 Å². The number of aryl methyl sites for hydroxylation is 3. The van der Waals surface area contributed by atoms with Crippen LogP contribution in [0.4, 0.5) is 5.69 Å². The fourth-order valence-electron chi connectivity index (χ4n) is 2.58. The quantitative estimate of drug-likeness (QED) is 0.755. The van der Waals surface area contributed by atoms with Gasteiger partial charge >= 0.3 is 0 Å². The number of fused-ring (bicyclic) bond motifs is 1. The Morgan fingerprint density at radius 1 is 1.25 bits per heavy atom. The van der Waals surface area contributed by atoms with Crippen molar-refractivity contribution in [2.75, 3.05) is 4.72 Å². The number of hydrogen-bond donors (Lipinski definition) is 2. The topological polar surface area (TPSA) is 96.3 Å². The first-order valence-corrected chi connectivity index (χ1v) is 9.00. The van der Waals surface area contributed by atoms with E-state index in [0.29, 0.717) is 17.9 Å². The van der Waals surface area contributed by atoms with Crippen LogP contribution in [0.2, 0.25) is 0 Å². The molecule has 3 rings (SSSR count). The molecule has 2 N–H and O–H groups in total. The van der Waals surface area contributed by atoms with E-state index < -0.39 is 15.6 Å². The SMILES string of the molecule is CCc1n[nH]c(=O)c2cc(S(=O)(=O)Nc3ccc(C)cc3C)cn12. The molecule has 2 heterocycles. The summed E-state index contributed by atoms with van der Waals surface area (Å²) in [4.78, 5) is 11.9. The van der Waals surface area contributed by atoms with E-state index in [0.717, 1.165) is 11.1 Å². The lowest BCUT2D eigenvalue weighted by molar-refractivity contribution is 0.601.